The molecule has 1 aromatic heterocycles. The Morgan fingerprint density at radius 3 is 2.27 bits per heavy atom. The van der Waals surface area contributed by atoms with E-state index in [4.69, 9.17) is 21.1 Å². The molecule has 6 aliphatic rings. The van der Waals surface area contributed by atoms with E-state index in [-0.39, 0.29) is 75.6 Å². The van der Waals surface area contributed by atoms with Gasteiger partial charge in [-0.2, -0.15) is 0 Å². The van der Waals surface area contributed by atoms with Crippen molar-refractivity contribution in [1.82, 2.24) is 13.9 Å². The number of halogens is 1. The third kappa shape index (κ3) is 4.29. The average molecular weight is 734 g/mol. The van der Waals surface area contributed by atoms with E-state index < -0.39 is 11.0 Å². The monoisotopic (exact) mass is 733 g/mol. The number of nitrogens with zero attached hydrogens (tertiary/aromatic N) is 3. The lowest BCUT2D eigenvalue weighted by molar-refractivity contribution is -0.218. The predicted molar refractivity (Wildman–Crippen MR) is 199 cm³/mol. The molecule has 282 valence electrons. The molecular weight excluding hydrogens is 678 g/mol. The fourth-order valence-electron chi connectivity index (χ4n) is 14.0. The Morgan fingerprint density at radius 2 is 1.62 bits per heavy atom. The number of allylic oxidation sites excluding steroid dienone is 1. The van der Waals surface area contributed by atoms with Crippen LogP contribution in [0.2, 0.25) is 5.02 Å². The Kier molecular flexibility index (Phi) is 7.76. The number of carbonyl (C=O) groups is 2. The largest absolute Gasteiger partial charge is 0.465 e. The van der Waals surface area contributed by atoms with Gasteiger partial charge >= 0.3 is 23.3 Å². The van der Waals surface area contributed by atoms with Crippen molar-refractivity contribution in [3.63, 3.8) is 0 Å². The maximum Gasteiger partial charge on any atom is 0.352 e. The topological polar surface area (TPSA) is 102 Å². The standard InChI is InChI=1S/C42H56ClN3O6/c1-24(2)42-20-19-41(23-51-25(3)47)18-17-40(9)33(34(41)42)29(45-35(49)44(36(50)46(42)45)28-12-10-11-27(43)21-28)22-31-38(7)15-14-32(52-26(4)48)37(5,6)30(38)13-16-39(31,40)8/h10-12,21,24,29-32H,13-20,22-23H2,1-9H3/t29-,30-,31+,32-,38-,39+,40+,41-,42-/m0/s1. The molecule has 1 aliphatic heterocycles. The number of hydrogen-bond acceptors (Lipinski definition) is 6. The van der Waals surface area contributed by atoms with Gasteiger partial charge in [-0.3, -0.25) is 9.59 Å². The van der Waals surface area contributed by atoms with Crippen LogP contribution in [0.3, 0.4) is 0 Å². The average Bonchev–Trinajstić information content (AvgIpc) is 3.54. The molecule has 0 saturated heterocycles. The third-order valence-corrected chi connectivity index (χ3v) is 16.7. The van der Waals surface area contributed by atoms with Gasteiger partial charge in [0.15, 0.2) is 0 Å². The molecule has 0 amide bonds. The Balaban J connectivity index is 1.40. The molecule has 4 saturated carbocycles. The molecule has 4 fully saturated rings. The van der Waals surface area contributed by atoms with Gasteiger partial charge < -0.3 is 9.47 Å². The van der Waals surface area contributed by atoms with Gasteiger partial charge in [0.1, 0.15) is 12.7 Å². The molecule has 1 aromatic carbocycles. The summed E-state index contributed by atoms with van der Waals surface area (Å²) in [6.45, 7) is 19.7. The molecule has 0 N–H and O–H groups in total. The summed E-state index contributed by atoms with van der Waals surface area (Å²) in [6.07, 6.45) is 7.69. The lowest BCUT2D eigenvalue weighted by Gasteiger charge is -2.72. The van der Waals surface area contributed by atoms with Crippen LogP contribution in [0.15, 0.2) is 45.0 Å². The fraction of sp³-hybridized carbons (Fsp3) is 0.714. The third-order valence-electron chi connectivity index (χ3n) is 16.5. The number of carbonyl (C=O) groups excluding carboxylic acids is 2. The van der Waals surface area contributed by atoms with Crippen molar-refractivity contribution < 1.29 is 19.1 Å². The van der Waals surface area contributed by atoms with Gasteiger partial charge in [-0.25, -0.2) is 23.5 Å². The van der Waals surface area contributed by atoms with Crippen LogP contribution < -0.4 is 11.4 Å². The smallest absolute Gasteiger partial charge is 0.352 e. The van der Waals surface area contributed by atoms with Crippen molar-refractivity contribution in [2.45, 2.75) is 138 Å². The molecule has 8 rings (SSSR count). The van der Waals surface area contributed by atoms with E-state index >= 15 is 9.59 Å². The van der Waals surface area contributed by atoms with Crippen molar-refractivity contribution in [2.75, 3.05) is 6.61 Å². The van der Waals surface area contributed by atoms with Crippen LogP contribution in [0.4, 0.5) is 0 Å². The molecule has 0 radical (unpaired) electrons. The molecule has 9 nitrogen and oxygen atoms in total. The fourth-order valence-corrected chi connectivity index (χ4v) is 14.2. The highest BCUT2D eigenvalue weighted by Gasteiger charge is 2.73. The summed E-state index contributed by atoms with van der Waals surface area (Å²) in [5, 5.41) is 0.462. The minimum absolute atomic E-state index is 0.00722. The first-order chi connectivity index (χ1) is 24.3. The Hall–Kier alpha value is -3.07. The van der Waals surface area contributed by atoms with Crippen molar-refractivity contribution >= 4 is 23.5 Å². The van der Waals surface area contributed by atoms with E-state index in [0.717, 1.165) is 51.4 Å². The lowest BCUT2D eigenvalue weighted by atomic mass is 9.33. The van der Waals surface area contributed by atoms with Gasteiger partial charge in [0.05, 0.1) is 17.3 Å². The summed E-state index contributed by atoms with van der Waals surface area (Å²) >= 11 is 6.47. The van der Waals surface area contributed by atoms with Crippen LogP contribution in [0.1, 0.15) is 126 Å². The van der Waals surface area contributed by atoms with Gasteiger partial charge in [0.2, 0.25) is 0 Å². The SMILES string of the molecule is CC(=O)OC[C@]12CC[C@]3(C(C)C)C1=C1[C@H](C[C@@H]4[C@@]5(C)CC[C@H](OC(C)=O)C(C)(C)[C@@H]5CC[C@@]4(C)[C@]1(C)CC2)n1c(=O)n(-c2cccc(Cl)c2)c(=O)n13. The zero-order valence-corrected chi connectivity index (χ0v) is 33.2. The lowest BCUT2D eigenvalue weighted by Crippen LogP contribution is -2.67. The Bertz CT molecular complexity index is 2040. The zero-order valence-electron chi connectivity index (χ0n) is 32.4. The zero-order chi connectivity index (χ0) is 37.6. The highest BCUT2D eigenvalue weighted by Crippen LogP contribution is 2.79. The maximum absolute atomic E-state index is 15.1. The summed E-state index contributed by atoms with van der Waals surface area (Å²) < 4.78 is 17.0. The van der Waals surface area contributed by atoms with Gasteiger partial charge in [0.25, 0.3) is 0 Å². The molecule has 2 heterocycles. The number of hydrogen-bond donors (Lipinski definition) is 0. The molecule has 9 atom stereocenters. The highest BCUT2D eigenvalue weighted by molar-refractivity contribution is 6.30. The van der Waals surface area contributed by atoms with E-state index in [9.17, 15) is 9.59 Å². The van der Waals surface area contributed by atoms with Gasteiger partial charge in [-0.05, 0) is 121 Å². The van der Waals surface area contributed by atoms with E-state index in [1.54, 1.807) is 24.3 Å². The van der Waals surface area contributed by atoms with E-state index in [2.05, 4.69) is 48.5 Å². The summed E-state index contributed by atoms with van der Waals surface area (Å²) in [4.78, 5) is 54.9. The molecule has 2 aromatic rings. The minimum Gasteiger partial charge on any atom is -0.465 e. The summed E-state index contributed by atoms with van der Waals surface area (Å²) in [5.74, 6) is 0.0390. The molecule has 0 spiro atoms. The van der Waals surface area contributed by atoms with Crippen LogP contribution in [0.25, 0.3) is 5.69 Å². The van der Waals surface area contributed by atoms with Crippen LogP contribution in [-0.2, 0) is 24.6 Å². The molecular formula is C42H56ClN3O6. The van der Waals surface area contributed by atoms with Crippen LogP contribution >= 0.6 is 11.6 Å². The first-order valence-corrected chi connectivity index (χ1v) is 20.0. The van der Waals surface area contributed by atoms with Crippen molar-refractivity contribution in [1.29, 1.82) is 0 Å². The Morgan fingerprint density at radius 1 is 0.904 bits per heavy atom. The van der Waals surface area contributed by atoms with Crippen LogP contribution in [-0.4, -0.2) is 38.6 Å². The van der Waals surface area contributed by atoms with Crippen molar-refractivity contribution in [3.05, 3.63) is 61.4 Å². The van der Waals surface area contributed by atoms with Crippen LogP contribution in [0, 0.1) is 44.8 Å². The highest BCUT2D eigenvalue weighted by atomic mass is 35.5. The molecule has 52 heavy (non-hydrogen) atoms. The molecule has 5 aliphatic carbocycles. The molecule has 0 unspecified atom stereocenters. The second-order valence-corrected chi connectivity index (χ2v) is 19.5. The minimum atomic E-state index is -0.748. The second kappa shape index (κ2) is 11.2. The number of ether oxygens (including phenoxy) is 2. The summed E-state index contributed by atoms with van der Waals surface area (Å²) in [7, 11) is 0. The number of esters is 2. The first-order valence-electron chi connectivity index (χ1n) is 19.6. The van der Waals surface area contributed by atoms with Crippen LogP contribution in [0.5, 0.6) is 0 Å². The van der Waals surface area contributed by atoms with Crippen molar-refractivity contribution in [2.24, 2.45) is 44.8 Å². The van der Waals surface area contributed by atoms with Gasteiger partial charge in [-0.1, -0.05) is 66.1 Å². The number of aromatic nitrogens is 3. The predicted octanol–water partition coefficient (Wildman–Crippen LogP) is 7.99. The Labute approximate surface area is 312 Å². The van der Waals surface area contributed by atoms with Gasteiger partial charge in [0, 0.05) is 29.7 Å². The second-order valence-electron chi connectivity index (χ2n) is 19.1. The number of fused-ring (bicyclic) bond motifs is 7. The summed E-state index contributed by atoms with van der Waals surface area (Å²) in [5.41, 5.74) is 0.612. The van der Waals surface area contributed by atoms with E-state index in [1.165, 1.54) is 29.6 Å². The number of benzene rings is 1. The molecule has 0 bridgehead atoms. The van der Waals surface area contributed by atoms with E-state index in [1.807, 2.05) is 9.36 Å². The maximum atomic E-state index is 15.1. The van der Waals surface area contributed by atoms with Crippen molar-refractivity contribution in [3.8, 4) is 5.69 Å². The normalized spacial score (nSPS) is 39.7. The van der Waals surface area contributed by atoms with E-state index in [0.29, 0.717) is 23.0 Å². The summed E-state index contributed by atoms with van der Waals surface area (Å²) in [6, 6.07) is 6.70. The van der Waals surface area contributed by atoms with Gasteiger partial charge in [-0.15, -0.1) is 0 Å². The first kappa shape index (κ1) is 35.9. The quantitative estimate of drug-likeness (QED) is 0.228. The molecule has 10 heteroatoms. The number of rotatable bonds is 5.